The van der Waals surface area contributed by atoms with Gasteiger partial charge in [0.25, 0.3) is 0 Å². The largest absolute Gasteiger partial charge is 0.457 e. The van der Waals surface area contributed by atoms with E-state index in [4.69, 9.17) is 28.4 Å². The Hall–Kier alpha value is -2.49. The van der Waals surface area contributed by atoms with E-state index >= 15 is 0 Å². The van der Waals surface area contributed by atoms with Crippen LogP contribution in [0.1, 0.15) is 141 Å². The van der Waals surface area contributed by atoms with Crippen molar-refractivity contribution in [1.29, 1.82) is 0 Å². The highest BCUT2D eigenvalue weighted by molar-refractivity contribution is 5.82. The van der Waals surface area contributed by atoms with Crippen molar-refractivity contribution in [2.24, 2.45) is 5.92 Å². The molecule has 284 valence electrons. The van der Waals surface area contributed by atoms with Gasteiger partial charge in [0, 0.05) is 38.0 Å². The summed E-state index contributed by atoms with van der Waals surface area (Å²) in [6.07, 6.45) is 9.95. The molecule has 0 bridgehead atoms. The minimum atomic E-state index is -0.625. The van der Waals surface area contributed by atoms with Gasteiger partial charge in [0.05, 0.1) is 16.8 Å². The van der Waals surface area contributed by atoms with E-state index in [1.807, 2.05) is 41.5 Å². The van der Waals surface area contributed by atoms with Gasteiger partial charge in [-0.1, -0.05) is 26.7 Å². The van der Waals surface area contributed by atoms with Crippen molar-refractivity contribution in [2.45, 2.75) is 174 Å². The maximum atomic E-state index is 11.8. The van der Waals surface area contributed by atoms with Crippen LogP contribution < -0.4 is 0 Å². The summed E-state index contributed by atoms with van der Waals surface area (Å²) in [5.41, 5.74) is -3.27. The molecule has 9 nitrogen and oxygen atoms in total. The Balaban J connectivity index is 5.71. The maximum absolute atomic E-state index is 11.8. The zero-order valence-electron chi connectivity index (χ0n) is 33.1. The number of carbonyl (C=O) groups is 3. The highest BCUT2D eigenvalue weighted by Crippen LogP contribution is 2.39. The number of hydrogen-bond acceptors (Lipinski definition) is 9. The molecule has 0 aromatic carbocycles. The van der Waals surface area contributed by atoms with Crippen LogP contribution in [0.25, 0.3) is 0 Å². The molecule has 0 spiro atoms. The quantitative estimate of drug-likeness (QED) is 0.0360. The molecule has 0 aliphatic heterocycles. The molecule has 0 aromatic rings. The Bertz CT molecular complexity index is 1070. The van der Waals surface area contributed by atoms with Crippen molar-refractivity contribution in [3.05, 3.63) is 38.0 Å². The van der Waals surface area contributed by atoms with E-state index in [2.05, 4.69) is 61.3 Å². The molecule has 0 saturated carbocycles. The van der Waals surface area contributed by atoms with Gasteiger partial charge in [0.1, 0.15) is 16.8 Å². The molecule has 0 N–H and O–H groups in total. The second-order valence-corrected chi connectivity index (χ2v) is 16.3. The zero-order chi connectivity index (χ0) is 38.2. The summed E-state index contributed by atoms with van der Waals surface area (Å²) in [6.45, 7) is 36.1. The summed E-state index contributed by atoms with van der Waals surface area (Å²) >= 11 is 0. The van der Waals surface area contributed by atoms with Crippen LogP contribution in [-0.4, -0.2) is 71.3 Å². The minimum Gasteiger partial charge on any atom is -0.457 e. The Morgan fingerprint density at radius 3 is 1.22 bits per heavy atom. The van der Waals surface area contributed by atoms with Crippen LogP contribution in [0.15, 0.2) is 38.0 Å². The summed E-state index contributed by atoms with van der Waals surface area (Å²) in [5.74, 6) is -1.23. The normalized spacial score (nSPS) is 14.7. The molecular weight excluding hydrogens is 624 g/mol. The average molecular weight is 695 g/mol. The van der Waals surface area contributed by atoms with E-state index in [9.17, 15) is 14.4 Å². The summed E-state index contributed by atoms with van der Waals surface area (Å²) in [5, 5.41) is 0. The summed E-state index contributed by atoms with van der Waals surface area (Å²) < 4.78 is 36.1. The predicted octanol–water partition coefficient (Wildman–Crippen LogP) is 9.02. The molecule has 49 heavy (non-hydrogen) atoms. The van der Waals surface area contributed by atoms with Crippen LogP contribution in [0.4, 0.5) is 0 Å². The molecule has 0 aliphatic rings. The van der Waals surface area contributed by atoms with E-state index in [0.717, 1.165) is 32.1 Å². The first-order valence-corrected chi connectivity index (χ1v) is 17.8. The van der Waals surface area contributed by atoms with Gasteiger partial charge >= 0.3 is 17.9 Å². The van der Waals surface area contributed by atoms with Crippen molar-refractivity contribution in [2.75, 3.05) is 19.8 Å². The molecule has 0 aromatic heterocycles. The lowest BCUT2D eigenvalue weighted by molar-refractivity contribution is -0.154. The van der Waals surface area contributed by atoms with Gasteiger partial charge in [-0.05, 0) is 140 Å². The second-order valence-electron chi connectivity index (χ2n) is 16.3. The predicted molar refractivity (Wildman–Crippen MR) is 196 cm³/mol. The van der Waals surface area contributed by atoms with Crippen molar-refractivity contribution < 1.29 is 42.8 Å². The van der Waals surface area contributed by atoms with Crippen LogP contribution >= 0.6 is 0 Å². The van der Waals surface area contributed by atoms with Gasteiger partial charge < -0.3 is 28.4 Å². The average Bonchev–Trinajstić information content (AvgIpc) is 2.98. The van der Waals surface area contributed by atoms with Gasteiger partial charge in [-0.25, -0.2) is 14.4 Å². The van der Waals surface area contributed by atoms with Gasteiger partial charge in [-0.15, -0.1) is 0 Å². The van der Waals surface area contributed by atoms with Gasteiger partial charge in [-0.2, -0.15) is 0 Å². The highest BCUT2D eigenvalue weighted by atomic mass is 16.6. The first-order chi connectivity index (χ1) is 22.4. The van der Waals surface area contributed by atoms with Crippen molar-refractivity contribution >= 4 is 17.9 Å². The van der Waals surface area contributed by atoms with Gasteiger partial charge in [0.2, 0.25) is 0 Å². The second kappa shape index (κ2) is 20.4. The smallest absolute Gasteiger partial charge is 0.330 e. The fourth-order valence-electron chi connectivity index (χ4n) is 5.75. The Kier molecular flexibility index (Phi) is 19.3. The number of carbonyl (C=O) groups excluding carboxylic acids is 3. The summed E-state index contributed by atoms with van der Waals surface area (Å²) in [4.78, 5) is 35.2. The third-order valence-corrected chi connectivity index (χ3v) is 8.96. The van der Waals surface area contributed by atoms with Crippen molar-refractivity contribution in [3.8, 4) is 0 Å². The van der Waals surface area contributed by atoms with E-state index in [0.29, 0.717) is 45.5 Å². The fourth-order valence-corrected chi connectivity index (χ4v) is 5.75. The maximum Gasteiger partial charge on any atom is 0.330 e. The number of rotatable bonds is 27. The molecule has 0 rings (SSSR count). The molecular formula is C40H70O9. The fraction of sp³-hybridized carbons (Fsp3) is 0.775. The topological polar surface area (TPSA) is 107 Å². The molecule has 2 atom stereocenters. The number of esters is 3. The van der Waals surface area contributed by atoms with Crippen LogP contribution in [0, 0.1) is 5.92 Å². The zero-order valence-corrected chi connectivity index (χ0v) is 33.1. The van der Waals surface area contributed by atoms with Gasteiger partial charge in [0.15, 0.2) is 0 Å². The lowest BCUT2D eigenvalue weighted by atomic mass is 9.75. The Morgan fingerprint density at radius 1 is 0.531 bits per heavy atom. The first-order valence-electron chi connectivity index (χ1n) is 17.8. The molecule has 2 unspecified atom stereocenters. The monoisotopic (exact) mass is 695 g/mol. The molecule has 0 aliphatic carbocycles. The number of hydrogen-bond donors (Lipinski definition) is 0. The van der Waals surface area contributed by atoms with E-state index in [1.54, 1.807) is 0 Å². The third-order valence-electron chi connectivity index (χ3n) is 8.96. The highest BCUT2D eigenvalue weighted by Gasteiger charge is 2.40. The van der Waals surface area contributed by atoms with Crippen molar-refractivity contribution in [1.82, 2.24) is 0 Å². The molecule has 9 heteroatoms. The molecule has 0 saturated heterocycles. The van der Waals surface area contributed by atoms with Crippen molar-refractivity contribution in [3.63, 3.8) is 0 Å². The van der Waals surface area contributed by atoms with Crippen LogP contribution in [-0.2, 0) is 42.8 Å². The SMILES string of the molecule is C=CC(=O)OC(C)(C)CCCOC(C)(C)CC(CC(C)(CC)OCCCC(C)(C)OC(=O)C=C)C(C)(C)OCCCC(C)(C)OC(=O)C=C. The van der Waals surface area contributed by atoms with Gasteiger partial charge in [-0.3, -0.25) is 0 Å². The first kappa shape index (κ1) is 46.5. The standard InChI is InChI=1S/C40H70O9/c1-16-32(41)47-35(5,6)23-20-26-44-38(11,12)29-31(39(13,14)45-27-21-24-36(7,8)48-33(42)17-2)30-40(15,19-4)46-28-22-25-37(9,10)49-34(43)18-3/h16-18,31H,1-3,19-30H2,4-15H3. The molecule has 0 amide bonds. The van der Waals surface area contributed by atoms with Crippen LogP contribution in [0.3, 0.4) is 0 Å². The lowest BCUT2D eigenvalue weighted by Crippen LogP contribution is -2.45. The molecule has 0 fully saturated rings. The number of ether oxygens (including phenoxy) is 6. The summed E-state index contributed by atoms with van der Waals surface area (Å²) in [7, 11) is 0. The summed E-state index contributed by atoms with van der Waals surface area (Å²) in [6, 6.07) is 0. The Labute approximate surface area is 298 Å². The van der Waals surface area contributed by atoms with E-state index < -0.39 is 51.5 Å². The molecule has 0 radical (unpaired) electrons. The minimum absolute atomic E-state index is 0.0639. The van der Waals surface area contributed by atoms with Crippen LogP contribution in [0.2, 0.25) is 0 Å². The Morgan fingerprint density at radius 2 is 0.878 bits per heavy atom. The third kappa shape index (κ3) is 20.7. The molecule has 0 heterocycles. The van der Waals surface area contributed by atoms with Crippen LogP contribution in [0.5, 0.6) is 0 Å². The van der Waals surface area contributed by atoms with E-state index in [-0.39, 0.29) is 5.92 Å². The lowest BCUT2D eigenvalue weighted by Gasteiger charge is -2.43. The van der Waals surface area contributed by atoms with E-state index in [1.165, 1.54) is 18.2 Å².